The van der Waals surface area contributed by atoms with E-state index in [0.717, 1.165) is 6.07 Å². The quantitative estimate of drug-likeness (QED) is 0.672. The Balaban J connectivity index is 3.13. The zero-order valence-corrected chi connectivity index (χ0v) is 7.76. The van der Waals surface area contributed by atoms with Gasteiger partial charge in [0, 0.05) is 13.2 Å². The Morgan fingerprint density at radius 3 is 2.50 bits per heavy atom. The molecule has 1 aromatic heterocycles. The summed E-state index contributed by atoms with van der Waals surface area (Å²) in [7, 11) is 1.37. The minimum atomic E-state index is -4.45. The van der Waals surface area contributed by atoms with Gasteiger partial charge in [0.1, 0.15) is 0 Å². The van der Waals surface area contributed by atoms with Crippen LogP contribution in [0.3, 0.4) is 0 Å². The van der Waals surface area contributed by atoms with E-state index in [0.29, 0.717) is 6.20 Å². The van der Waals surface area contributed by atoms with Crippen LogP contribution in [0.25, 0.3) is 0 Å². The summed E-state index contributed by atoms with van der Waals surface area (Å²) in [6, 6.07) is 0.762. The smallest absolute Gasteiger partial charge is 0.234 e. The van der Waals surface area contributed by atoms with E-state index in [1.807, 2.05) is 0 Å². The van der Waals surface area contributed by atoms with Gasteiger partial charge in [-0.3, -0.25) is 0 Å². The van der Waals surface area contributed by atoms with Crippen LogP contribution in [0.4, 0.5) is 19.0 Å². The zero-order valence-electron chi connectivity index (χ0n) is 7.01. The third kappa shape index (κ3) is 2.41. The number of pyridine rings is 1. The first-order valence-electron chi connectivity index (χ1n) is 3.47. The van der Waals surface area contributed by atoms with Crippen LogP contribution < -0.4 is 0 Å². The monoisotopic (exact) mass is 223 g/mol. The lowest BCUT2D eigenvalue weighted by Gasteiger charge is -2.06. The highest BCUT2D eigenvalue weighted by molar-refractivity contribution is 6.32. The molecule has 0 spiro atoms. The number of hydrogen-bond donors (Lipinski definition) is 0. The van der Waals surface area contributed by atoms with E-state index in [1.54, 1.807) is 0 Å². The molecule has 7 heteroatoms. The van der Waals surface area contributed by atoms with Gasteiger partial charge in [-0.25, -0.2) is 4.98 Å². The molecule has 0 amide bonds. The number of alkyl halides is 3. The maximum atomic E-state index is 12.1. The topological polar surface area (TPSA) is 37.6 Å². The number of aromatic nitrogens is 1. The molecule has 1 heterocycles. The fourth-order valence-corrected chi connectivity index (χ4v) is 0.958. The van der Waals surface area contributed by atoms with Crippen molar-refractivity contribution in [2.24, 2.45) is 10.2 Å². The molecule has 0 radical (unpaired) electrons. The molecule has 0 aromatic carbocycles. The van der Waals surface area contributed by atoms with E-state index in [4.69, 9.17) is 11.6 Å². The Labute approximate surface area is 82.6 Å². The Kier molecular flexibility index (Phi) is 3.05. The van der Waals surface area contributed by atoms with Gasteiger partial charge in [0.05, 0.1) is 10.6 Å². The van der Waals surface area contributed by atoms with Crippen molar-refractivity contribution in [2.75, 3.05) is 7.05 Å². The van der Waals surface area contributed by atoms with Crippen molar-refractivity contribution in [1.82, 2.24) is 4.98 Å². The molecule has 0 atom stereocenters. The van der Waals surface area contributed by atoms with Gasteiger partial charge in [-0.1, -0.05) is 11.6 Å². The molecular weight excluding hydrogens is 219 g/mol. The lowest BCUT2D eigenvalue weighted by Crippen LogP contribution is -2.05. The SMILES string of the molecule is CN=Nc1ncc(C(F)(F)F)cc1Cl. The van der Waals surface area contributed by atoms with Crippen LogP contribution in [-0.4, -0.2) is 12.0 Å². The molecule has 0 saturated heterocycles. The number of halogens is 4. The second kappa shape index (κ2) is 3.91. The summed E-state index contributed by atoms with van der Waals surface area (Å²) in [6.45, 7) is 0. The second-order valence-electron chi connectivity index (χ2n) is 2.33. The standard InChI is InChI=1S/C7H5ClF3N3/c1-12-14-6-5(8)2-4(3-13-6)7(9,10)11/h2-3H,1H3. The van der Waals surface area contributed by atoms with Gasteiger partial charge in [0.2, 0.25) is 0 Å². The van der Waals surface area contributed by atoms with Crippen molar-refractivity contribution in [3.63, 3.8) is 0 Å². The summed E-state index contributed by atoms with van der Waals surface area (Å²) in [5, 5.41) is 6.62. The van der Waals surface area contributed by atoms with Crippen LogP contribution in [0.2, 0.25) is 5.02 Å². The number of nitrogens with zero attached hydrogens (tertiary/aromatic N) is 3. The van der Waals surface area contributed by atoms with Crippen LogP contribution in [-0.2, 0) is 6.18 Å². The average molecular weight is 224 g/mol. The summed E-state index contributed by atoms with van der Waals surface area (Å²) in [5.41, 5.74) is -0.905. The van der Waals surface area contributed by atoms with Crippen LogP contribution in [0.15, 0.2) is 22.5 Å². The first kappa shape index (κ1) is 10.9. The predicted molar refractivity (Wildman–Crippen MR) is 44.7 cm³/mol. The Morgan fingerprint density at radius 2 is 2.07 bits per heavy atom. The van der Waals surface area contributed by atoms with Crippen LogP contribution >= 0.6 is 11.6 Å². The molecule has 1 aromatic rings. The fraction of sp³-hybridized carbons (Fsp3) is 0.286. The van der Waals surface area contributed by atoms with Crippen molar-refractivity contribution in [2.45, 2.75) is 6.18 Å². The van der Waals surface area contributed by atoms with Crippen molar-refractivity contribution >= 4 is 17.4 Å². The van der Waals surface area contributed by atoms with Crippen molar-refractivity contribution in [3.05, 3.63) is 22.8 Å². The van der Waals surface area contributed by atoms with Crippen molar-refractivity contribution in [3.8, 4) is 0 Å². The van der Waals surface area contributed by atoms with Gasteiger partial charge in [-0.15, -0.1) is 5.11 Å². The van der Waals surface area contributed by atoms with Crippen molar-refractivity contribution < 1.29 is 13.2 Å². The first-order chi connectivity index (χ1) is 6.45. The van der Waals surface area contributed by atoms with Gasteiger partial charge >= 0.3 is 6.18 Å². The molecule has 0 fully saturated rings. The highest BCUT2D eigenvalue weighted by Crippen LogP contribution is 2.33. The van der Waals surface area contributed by atoms with Gasteiger partial charge < -0.3 is 0 Å². The third-order valence-electron chi connectivity index (χ3n) is 1.34. The summed E-state index contributed by atoms with van der Waals surface area (Å²) < 4.78 is 36.4. The van der Waals surface area contributed by atoms with Gasteiger partial charge in [0.15, 0.2) is 5.82 Å². The minimum absolute atomic E-state index is 0.0258. The third-order valence-corrected chi connectivity index (χ3v) is 1.62. The molecule has 0 saturated carbocycles. The Bertz CT molecular complexity index is 362. The van der Waals surface area contributed by atoms with Crippen LogP contribution in [0.1, 0.15) is 5.56 Å². The molecule has 1 rings (SSSR count). The molecular formula is C7H5ClF3N3. The summed E-state index contributed by atoms with van der Waals surface area (Å²) in [5.74, 6) is -0.0258. The van der Waals surface area contributed by atoms with Crippen molar-refractivity contribution in [1.29, 1.82) is 0 Å². The molecule has 14 heavy (non-hydrogen) atoms. The van der Waals surface area contributed by atoms with E-state index in [9.17, 15) is 13.2 Å². The zero-order chi connectivity index (χ0) is 10.8. The summed E-state index contributed by atoms with van der Waals surface area (Å²) in [4.78, 5) is 3.42. The van der Waals surface area contributed by atoms with E-state index in [1.165, 1.54) is 7.05 Å². The molecule has 76 valence electrons. The fourth-order valence-electron chi connectivity index (χ4n) is 0.754. The lowest BCUT2D eigenvalue weighted by molar-refractivity contribution is -0.137. The second-order valence-corrected chi connectivity index (χ2v) is 2.73. The minimum Gasteiger partial charge on any atom is -0.234 e. The maximum Gasteiger partial charge on any atom is 0.417 e. The highest BCUT2D eigenvalue weighted by atomic mass is 35.5. The molecule has 3 nitrogen and oxygen atoms in total. The Morgan fingerprint density at radius 1 is 1.43 bits per heavy atom. The molecule has 0 aliphatic carbocycles. The average Bonchev–Trinajstić information content (AvgIpc) is 2.07. The van der Waals surface area contributed by atoms with Crippen LogP contribution in [0.5, 0.6) is 0 Å². The number of rotatable bonds is 1. The molecule has 0 unspecified atom stereocenters. The van der Waals surface area contributed by atoms with E-state index in [2.05, 4.69) is 15.2 Å². The summed E-state index contributed by atoms with van der Waals surface area (Å²) in [6.07, 6.45) is -3.78. The van der Waals surface area contributed by atoms with E-state index >= 15 is 0 Å². The highest BCUT2D eigenvalue weighted by Gasteiger charge is 2.31. The molecule has 0 aliphatic rings. The van der Waals surface area contributed by atoms with E-state index < -0.39 is 11.7 Å². The predicted octanol–water partition coefficient (Wildman–Crippen LogP) is 3.47. The van der Waals surface area contributed by atoms with Crippen LogP contribution in [0, 0.1) is 0 Å². The van der Waals surface area contributed by atoms with E-state index in [-0.39, 0.29) is 10.8 Å². The van der Waals surface area contributed by atoms with Gasteiger partial charge in [-0.2, -0.15) is 18.3 Å². The molecule has 0 N–H and O–H groups in total. The molecule has 0 bridgehead atoms. The first-order valence-corrected chi connectivity index (χ1v) is 3.85. The summed E-state index contributed by atoms with van der Waals surface area (Å²) >= 11 is 5.50. The Hall–Kier alpha value is -1.17. The maximum absolute atomic E-state index is 12.1. The lowest BCUT2D eigenvalue weighted by atomic mass is 10.3. The van der Waals surface area contributed by atoms with Gasteiger partial charge in [-0.05, 0) is 6.07 Å². The molecule has 0 aliphatic heterocycles. The largest absolute Gasteiger partial charge is 0.417 e. The number of azo groups is 1. The normalized spacial score (nSPS) is 12.4. The van der Waals surface area contributed by atoms with Gasteiger partial charge in [0.25, 0.3) is 0 Å². The number of hydrogen-bond acceptors (Lipinski definition) is 3.